The molecule has 6 nitrogen and oxygen atoms in total. The van der Waals surface area contributed by atoms with Crippen LogP contribution in [-0.2, 0) is 6.54 Å². The van der Waals surface area contributed by atoms with Crippen LogP contribution in [0.15, 0.2) is 52.0 Å². The fourth-order valence-corrected chi connectivity index (χ4v) is 3.54. The van der Waals surface area contributed by atoms with Gasteiger partial charge in [0.15, 0.2) is 6.26 Å². The van der Waals surface area contributed by atoms with E-state index in [0.717, 1.165) is 49.8 Å². The van der Waals surface area contributed by atoms with Gasteiger partial charge < -0.3 is 14.4 Å². The highest BCUT2D eigenvalue weighted by Gasteiger charge is 2.21. The molecule has 25 heavy (non-hydrogen) atoms. The predicted octanol–water partition coefficient (Wildman–Crippen LogP) is 3.00. The number of piperidine rings is 1. The van der Waals surface area contributed by atoms with Gasteiger partial charge in [0, 0.05) is 31.2 Å². The zero-order valence-electron chi connectivity index (χ0n) is 14.0. The van der Waals surface area contributed by atoms with Gasteiger partial charge in [-0.15, -0.1) is 0 Å². The van der Waals surface area contributed by atoms with Crippen LogP contribution in [0.2, 0.25) is 0 Å². The van der Waals surface area contributed by atoms with Crippen molar-refractivity contribution in [3.63, 3.8) is 0 Å². The standard InChI is InChI=1S/C19H21N3O3/c23-18-13-25-19(24)22(18)10-7-14-5-8-21(9-6-14)17-11-15-3-1-2-4-16(15)12-20-17/h1-4,11-14,23H,5-10H2. The van der Waals surface area contributed by atoms with Gasteiger partial charge in [-0.25, -0.2) is 14.3 Å². The van der Waals surface area contributed by atoms with Crippen LogP contribution in [0, 0.1) is 5.92 Å². The van der Waals surface area contributed by atoms with E-state index in [-0.39, 0.29) is 5.88 Å². The monoisotopic (exact) mass is 339 g/mol. The van der Waals surface area contributed by atoms with Crippen molar-refractivity contribution in [3.05, 3.63) is 53.3 Å². The molecule has 3 aromatic rings. The van der Waals surface area contributed by atoms with E-state index in [1.807, 2.05) is 18.3 Å². The zero-order chi connectivity index (χ0) is 17.2. The normalized spacial score (nSPS) is 15.8. The third-order valence-electron chi connectivity index (χ3n) is 5.08. The van der Waals surface area contributed by atoms with Crippen molar-refractivity contribution in [2.45, 2.75) is 25.8 Å². The number of benzene rings is 1. The van der Waals surface area contributed by atoms with E-state index in [1.165, 1.54) is 9.95 Å². The average Bonchev–Trinajstić information content (AvgIpc) is 2.98. The van der Waals surface area contributed by atoms with Crippen molar-refractivity contribution in [2.75, 3.05) is 18.0 Å². The van der Waals surface area contributed by atoms with Crippen LogP contribution in [0.1, 0.15) is 19.3 Å². The Balaban J connectivity index is 1.36. The minimum Gasteiger partial charge on any atom is -0.492 e. The van der Waals surface area contributed by atoms with Crippen molar-refractivity contribution < 1.29 is 9.52 Å². The highest BCUT2D eigenvalue weighted by Crippen LogP contribution is 2.26. The lowest BCUT2D eigenvalue weighted by Crippen LogP contribution is -2.34. The molecule has 0 amide bonds. The lowest BCUT2D eigenvalue weighted by Gasteiger charge is -2.33. The fourth-order valence-electron chi connectivity index (χ4n) is 3.54. The largest absolute Gasteiger partial charge is 0.492 e. The molecule has 2 aromatic heterocycles. The maximum atomic E-state index is 11.5. The molecule has 1 N–H and O–H groups in total. The van der Waals surface area contributed by atoms with Gasteiger partial charge in [-0.05, 0) is 36.6 Å². The van der Waals surface area contributed by atoms with Gasteiger partial charge in [0.25, 0.3) is 0 Å². The molecule has 1 saturated heterocycles. The Morgan fingerprint density at radius 1 is 1.20 bits per heavy atom. The summed E-state index contributed by atoms with van der Waals surface area (Å²) in [6.45, 7) is 2.42. The molecular weight excluding hydrogens is 318 g/mol. The molecule has 0 radical (unpaired) electrons. The van der Waals surface area contributed by atoms with Gasteiger partial charge in [-0.2, -0.15) is 0 Å². The summed E-state index contributed by atoms with van der Waals surface area (Å²) in [7, 11) is 0. The number of oxazole rings is 1. The van der Waals surface area contributed by atoms with Crippen LogP contribution in [0.3, 0.4) is 0 Å². The van der Waals surface area contributed by atoms with Crippen LogP contribution < -0.4 is 10.7 Å². The molecule has 0 aliphatic carbocycles. The summed E-state index contributed by atoms with van der Waals surface area (Å²) < 4.78 is 5.98. The number of hydrogen-bond acceptors (Lipinski definition) is 5. The number of hydrogen-bond donors (Lipinski definition) is 1. The second kappa shape index (κ2) is 6.63. The van der Waals surface area contributed by atoms with E-state index < -0.39 is 5.76 Å². The maximum Gasteiger partial charge on any atom is 0.421 e. The lowest BCUT2D eigenvalue weighted by atomic mass is 9.93. The van der Waals surface area contributed by atoms with Crippen molar-refractivity contribution >= 4 is 16.6 Å². The van der Waals surface area contributed by atoms with Crippen LogP contribution in [-0.4, -0.2) is 27.7 Å². The van der Waals surface area contributed by atoms with Crippen LogP contribution in [0.25, 0.3) is 10.8 Å². The number of nitrogens with zero attached hydrogens (tertiary/aromatic N) is 3. The summed E-state index contributed by atoms with van der Waals surface area (Å²) in [5, 5.41) is 12.0. The Morgan fingerprint density at radius 2 is 1.96 bits per heavy atom. The van der Waals surface area contributed by atoms with Gasteiger partial charge in [0.05, 0.1) is 0 Å². The fraction of sp³-hybridized carbons (Fsp3) is 0.368. The summed E-state index contributed by atoms with van der Waals surface area (Å²) in [5.41, 5.74) is 0. The van der Waals surface area contributed by atoms with Gasteiger partial charge in [-0.3, -0.25) is 0 Å². The second-order valence-corrected chi connectivity index (χ2v) is 6.62. The Kier molecular flexibility index (Phi) is 4.17. The Bertz CT molecular complexity index is 923. The summed E-state index contributed by atoms with van der Waals surface area (Å²) in [6, 6.07) is 10.4. The van der Waals surface area contributed by atoms with Crippen molar-refractivity contribution in [1.82, 2.24) is 9.55 Å². The molecule has 1 aliphatic rings. The van der Waals surface area contributed by atoms with E-state index in [1.54, 1.807) is 0 Å². The minimum absolute atomic E-state index is 0.0946. The van der Waals surface area contributed by atoms with Crippen molar-refractivity contribution in [3.8, 4) is 5.88 Å². The summed E-state index contributed by atoms with van der Waals surface area (Å²) in [6.07, 6.45) is 6.01. The van der Waals surface area contributed by atoms with E-state index in [4.69, 9.17) is 0 Å². The van der Waals surface area contributed by atoms with Crippen molar-refractivity contribution in [2.24, 2.45) is 5.92 Å². The number of anilines is 1. The smallest absolute Gasteiger partial charge is 0.421 e. The lowest BCUT2D eigenvalue weighted by molar-refractivity contribution is 0.337. The molecule has 0 bridgehead atoms. The Labute approximate surface area is 145 Å². The maximum absolute atomic E-state index is 11.5. The molecule has 1 aliphatic heterocycles. The highest BCUT2D eigenvalue weighted by molar-refractivity contribution is 5.83. The number of rotatable bonds is 4. The molecule has 0 spiro atoms. The van der Waals surface area contributed by atoms with Crippen LogP contribution in [0.5, 0.6) is 5.88 Å². The Hall–Kier alpha value is -2.76. The molecule has 0 saturated carbocycles. The third-order valence-corrected chi connectivity index (χ3v) is 5.08. The average molecular weight is 339 g/mol. The van der Waals surface area contributed by atoms with Gasteiger partial charge >= 0.3 is 5.76 Å². The first kappa shape index (κ1) is 15.7. The first-order chi connectivity index (χ1) is 12.2. The van der Waals surface area contributed by atoms with Gasteiger partial charge in [-0.1, -0.05) is 24.3 Å². The summed E-state index contributed by atoms with van der Waals surface area (Å²) in [4.78, 5) is 18.4. The first-order valence-corrected chi connectivity index (χ1v) is 8.68. The van der Waals surface area contributed by atoms with E-state index in [9.17, 15) is 9.90 Å². The van der Waals surface area contributed by atoms with Crippen molar-refractivity contribution in [1.29, 1.82) is 0 Å². The molecular formula is C19H21N3O3. The summed E-state index contributed by atoms with van der Waals surface area (Å²) >= 11 is 0. The topological polar surface area (TPSA) is 71.5 Å². The third kappa shape index (κ3) is 3.24. The zero-order valence-corrected chi connectivity index (χ0v) is 14.0. The van der Waals surface area contributed by atoms with Crippen LogP contribution >= 0.6 is 0 Å². The second-order valence-electron chi connectivity index (χ2n) is 6.62. The molecule has 3 heterocycles. The number of aromatic nitrogens is 2. The molecule has 0 atom stereocenters. The van der Waals surface area contributed by atoms with Crippen LogP contribution in [0.4, 0.5) is 5.82 Å². The minimum atomic E-state index is -0.490. The van der Waals surface area contributed by atoms with E-state index in [0.29, 0.717) is 12.5 Å². The Morgan fingerprint density at radius 3 is 2.68 bits per heavy atom. The van der Waals surface area contributed by atoms with Gasteiger partial charge in [0.1, 0.15) is 5.82 Å². The number of aromatic hydroxyl groups is 1. The SMILES string of the molecule is O=c1occ(O)n1CCC1CCN(c2cc3ccccc3cn2)CC1. The predicted molar refractivity (Wildman–Crippen MR) is 95.9 cm³/mol. The molecule has 6 heteroatoms. The molecule has 130 valence electrons. The van der Waals surface area contributed by atoms with Gasteiger partial charge in [0.2, 0.25) is 5.88 Å². The molecule has 1 aromatic carbocycles. The first-order valence-electron chi connectivity index (χ1n) is 8.68. The number of pyridine rings is 1. The quantitative estimate of drug-likeness (QED) is 0.791. The summed E-state index contributed by atoms with van der Waals surface area (Å²) in [5.74, 6) is 0.983. The van der Waals surface area contributed by atoms with E-state index in [2.05, 4.69) is 32.5 Å². The molecule has 1 fully saturated rings. The number of fused-ring (bicyclic) bond motifs is 1. The van der Waals surface area contributed by atoms with E-state index >= 15 is 0 Å². The molecule has 0 unspecified atom stereocenters. The highest BCUT2D eigenvalue weighted by atomic mass is 16.4. The molecule has 4 rings (SSSR count).